The minimum Gasteiger partial charge on any atom is -0.353 e. The SMILES string of the molecule is CCSCCC(C)NC(=O)C(C)CCN. The maximum Gasteiger partial charge on any atom is 0.223 e. The molecular formula is C11H24N2OS. The summed E-state index contributed by atoms with van der Waals surface area (Å²) in [6.45, 7) is 6.71. The summed E-state index contributed by atoms with van der Waals surface area (Å²) in [5, 5.41) is 3.02. The molecule has 0 rings (SSSR count). The van der Waals surface area contributed by atoms with E-state index in [0.29, 0.717) is 6.54 Å². The first-order valence-electron chi connectivity index (χ1n) is 5.70. The van der Waals surface area contributed by atoms with Crippen LogP contribution in [0.1, 0.15) is 33.6 Å². The number of thioether (sulfide) groups is 1. The molecule has 0 saturated carbocycles. The number of hydrogen-bond donors (Lipinski definition) is 2. The summed E-state index contributed by atoms with van der Waals surface area (Å²) in [4.78, 5) is 11.6. The first-order chi connectivity index (χ1) is 7.11. The molecule has 0 aliphatic heterocycles. The molecule has 0 saturated heterocycles. The van der Waals surface area contributed by atoms with Crippen molar-refractivity contribution in [2.45, 2.75) is 39.7 Å². The molecule has 0 spiro atoms. The fraction of sp³-hybridized carbons (Fsp3) is 0.909. The van der Waals surface area contributed by atoms with Gasteiger partial charge in [0.05, 0.1) is 0 Å². The molecule has 0 aromatic carbocycles. The Hall–Kier alpha value is -0.220. The Morgan fingerprint density at radius 1 is 1.40 bits per heavy atom. The van der Waals surface area contributed by atoms with E-state index < -0.39 is 0 Å². The first kappa shape index (κ1) is 14.8. The number of nitrogens with one attached hydrogen (secondary N) is 1. The second-order valence-electron chi connectivity index (χ2n) is 3.87. The molecule has 90 valence electrons. The predicted octanol–water partition coefficient (Wildman–Crippen LogP) is 1.62. The van der Waals surface area contributed by atoms with Crippen LogP contribution in [0.3, 0.4) is 0 Å². The Kier molecular flexibility index (Phi) is 8.91. The predicted molar refractivity (Wildman–Crippen MR) is 68.1 cm³/mol. The molecule has 3 N–H and O–H groups in total. The van der Waals surface area contributed by atoms with Crippen LogP contribution in [0.25, 0.3) is 0 Å². The van der Waals surface area contributed by atoms with Crippen molar-refractivity contribution in [2.24, 2.45) is 11.7 Å². The zero-order valence-corrected chi connectivity index (χ0v) is 10.9. The lowest BCUT2D eigenvalue weighted by molar-refractivity contribution is -0.125. The van der Waals surface area contributed by atoms with E-state index in [-0.39, 0.29) is 17.9 Å². The molecule has 0 heterocycles. The van der Waals surface area contributed by atoms with Gasteiger partial charge in [-0.2, -0.15) is 11.8 Å². The van der Waals surface area contributed by atoms with Gasteiger partial charge in [0.2, 0.25) is 5.91 Å². The molecule has 0 aliphatic carbocycles. The van der Waals surface area contributed by atoms with Gasteiger partial charge in [-0.05, 0) is 37.8 Å². The Morgan fingerprint density at radius 2 is 2.07 bits per heavy atom. The van der Waals surface area contributed by atoms with Crippen molar-refractivity contribution in [3.8, 4) is 0 Å². The van der Waals surface area contributed by atoms with Crippen LogP contribution in [0.2, 0.25) is 0 Å². The molecule has 2 unspecified atom stereocenters. The minimum atomic E-state index is 0.0382. The normalized spacial score (nSPS) is 14.7. The maximum atomic E-state index is 11.6. The second kappa shape index (κ2) is 9.04. The molecule has 0 aromatic rings. The molecular weight excluding hydrogens is 208 g/mol. The zero-order valence-electron chi connectivity index (χ0n) is 10.1. The molecule has 15 heavy (non-hydrogen) atoms. The highest BCUT2D eigenvalue weighted by Gasteiger charge is 2.13. The highest BCUT2D eigenvalue weighted by Crippen LogP contribution is 2.05. The van der Waals surface area contributed by atoms with Crippen molar-refractivity contribution in [2.75, 3.05) is 18.1 Å². The van der Waals surface area contributed by atoms with Gasteiger partial charge in [-0.3, -0.25) is 4.79 Å². The molecule has 4 heteroatoms. The van der Waals surface area contributed by atoms with Gasteiger partial charge in [0.25, 0.3) is 0 Å². The standard InChI is InChI=1S/C11H24N2OS/c1-4-15-8-6-10(3)13-11(14)9(2)5-7-12/h9-10H,4-8,12H2,1-3H3,(H,13,14). The van der Waals surface area contributed by atoms with Crippen LogP contribution in [0.15, 0.2) is 0 Å². The quantitative estimate of drug-likeness (QED) is 0.625. The topological polar surface area (TPSA) is 55.1 Å². The monoisotopic (exact) mass is 232 g/mol. The number of carbonyl (C=O) groups excluding carboxylic acids is 1. The van der Waals surface area contributed by atoms with Crippen LogP contribution >= 0.6 is 11.8 Å². The van der Waals surface area contributed by atoms with Gasteiger partial charge in [0.15, 0.2) is 0 Å². The molecule has 0 bridgehead atoms. The van der Waals surface area contributed by atoms with Gasteiger partial charge < -0.3 is 11.1 Å². The van der Waals surface area contributed by atoms with Crippen molar-refractivity contribution in [1.82, 2.24) is 5.32 Å². The molecule has 0 aromatic heterocycles. The third-order valence-electron chi connectivity index (χ3n) is 2.34. The summed E-state index contributed by atoms with van der Waals surface area (Å²) < 4.78 is 0. The lowest BCUT2D eigenvalue weighted by Gasteiger charge is -2.16. The van der Waals surface area contributed by atoms with E-state index in [4.69, 9.17) is 5.73 Å². The van der Waals surface area contributed by atoms with E-state index in [9.17, 15) is 4.79 Å². The summed E-state index contributed by atoms with van der Waals surface area (Å²) in [5.41, 5.74) is 5.41. The summed E-state index contributed by atoms with van der Waals surface area (Å²) >= 11 is 1.91. The molecule has 0 aliphatic rings. The van der Waals surface area contributed by atoms with E-state index in [2.05, 4.69) is 19.2 Å². The molecule has 0 radical (unpaired) electrons. The van der Waals surface area contributed by atoms with E-state index in [1.54, 1.807) is 0 Å². The van der Waals surface area contributed by atoms with Crippen LogP contribution < -0.4 is 11.1 Å². The fourth-order valence-corrected chi connectivity index (χ4v) is 2.05. The number of hydrogen-bond acceptors (Lipinski definition) is 3. The van der Waals surface area contributed by atoms with Gasteiger partial charge in [-0.1, -0.05) is 13.8 Å². The Morgan fingerprint density at radius 3 is 2.60 bits per heavy atom. The largest absolute Gasteiger partial charge is 0.353 e. The van der Waals surface area contributed by atoms with Gasteiger partial charge in [0.1, 0.15) is 0 Å². The third kappa shape index (κ3) is 7.68. The number of amides is 1. The number of rotatable bonds is 8. The van der Waals surface area contributed by atoms with Gasteiger partial charge in [-0.25, -0.2) is 0 Å². The maximum absolute atomic E-state index is 11.6. The second-order valence-corrected chi connectivity index (χ2v) is 5.27. The average molecular weight is 232 g/mol. The lowest BCUT2D eigenvalue weighted by Crippen LogP contribution is -2.37. The summed E-state index contributed by atoms with van der Waals surface area (Å²) in [6, 6.07) is 0.275. The zero-order chi connectivity index (χ0) is 11.7. The molecule has 0 fully saturated rings. The molecule has 3 nitrogen and oxygen atoms in total. The highest BCUT2D eigenvalue weighted by molar-refractivity contribution is 7.99. The van der Waals surface area contributed by atoms with Crippen molar-refractivity contribution in [1.29, 1.82) is 0 Å². The average Bonchev–Trinajstić information content (AvgIpc) is 2.18. The molecule has 1 amide bonds. The number of nitrogens with two attached hydrogens (primary N) is 1. The van der Waals surface area contributed by atoms with Crippen molar-refractivity contribution in [3.63, 3.8) is 0 Å². The summed E-state index contributed by atoms with van der Waals surface area (Å²) in [5.74, 6) is 2.43. The van der Waals surface area contributed by atoms with Crippen molar-refractivity contribution >= 4 is 17.7 Å². The van der Waals surface area contributed by atoms with Gasteiger partial charge in [0, 0.05) is 12.0 Å². The third-order valence-corrected chi connectivity index (χ3v) is 3.27. The smallest absolute Gasteiger partial charge is 0.223 e. The number of carbonyl (C=O) groups is 1. The fourth-order valence-electron chi connectivity index (χ4n) is 1.24. The Balaban J connectivity index is 3.65. The van der Waals surface area contributed by atoms with E-state index in [1.807, 2.05) is 18.7 Å². The van der Waals surface area contributed by atoms with E-state index in [1.165, 1.54) is 0 Å². The van der Waals surface area contributed by atoms with Crippen LogP contribution in [-0.4, -0.2) is 30.0 Å². The summed E-state index contributed by atoms with van der Waals surface area (Å²) in [7, 11) is 0. The Labute approximate surface area is 97.6 Å². The van der Waals surface area contributed by atoms with E-state index in [0.717, 1.165) is 24.3 Å². The minimum absolute atomic E-state index is 0.0382. The van der Waals surface area contributed by atoms with Crippen LogP contribution in [0.5, 0.6) is 0 Å². The van der Waals surface area contributed by atoms with Crippen LogP contribution in [0.4, 0.5) is 0 Å². The van der Waals surface area contributed by atoms with Crippen molar-refractivity contribution < 1.29 is 4.79 Å². The highest BCUT2D eigenvalue weighted by atomic mass is 32.2. The van der Waals surface area contributed by atoms with Gasteiger partial charge in [-0.15, -0.1) is 0 Å². The Bertz CT molecular complexity index is 176. The first-order valence-corrected chi connectivity index (χ1v) is 6.85. The summed E-state index contributed by atoms with van der Waals surface area (Å²) in [6.07, 6.45) is 1.81. The van der Waals surface area contributed by atoms with Crippen LogP contribution in [0, 0.1) is 5.92 Å². The van der Waals surface area contributed by atoms with E-state index >= 15 is 0 Å². The van der Waals surface area contributed by atoms with Gasteiger partial charge >= 0.3 is 0 Å². The molecule has 2 atom stereocenters. The lowest BCUT2D eigenvalue weighted by atomic mass is 10.1. The van der Waals surface area contributed by atoms with Crippen molar-refractivity contribution in [3.05, 3.63) is 0 Å². The van der Waals surface area contributed by atoms with Crippen LogP contribution in [-0.2, 0) is 4.79 Å².